The molecular formula is C19H25NO2. The SMILES string of the molecule is Cc1ccc(C)c(OCCOCCNCc2ccccc2)c1. The van der Waals surface area contributed by atoms with Gasteiger partial charge < -0.3 is 14.8 Å². The second kappa shape index (κ2) is 9.23. The molecule has 2 aromatic rings. The van der Waals surface area contributed by atoms with Crippen molar-refractivity contribution >= 4 is 0 Å². The predicted octanol–water partition coefficient (Wildman–Crippen LogP) is 3.49. The fourth-order valence-corrected chi connectivity index (χ4v) is 2.15. The summed E-state index contributed by atoms with van der Waals surface area (Å²) in [4.78, 5) is 0. The molecule has 2 aromatic carbocycles. The van der Waals surface area contributed by atoms with Gasteiger partial charge in [0.1, 0.15) is 12.4 Å². The fourth-order valence-electron chi connectivity index (χ4n) is 2.15. The lowest BCUT2D eigenvalue weighted by Crippen LogP contribution is -2.20. The first kappa shape index (κ1) is 16.5. The van der Waals surface area contributed by atoms with Gasteiger partial charge in [0.05, 0.1) is 13.2 Å². The van der Waals surface area contributed by atoms with E-state index in [1.165, 1.54) is 11.1 Å². The first-order chi connectivity index (χ1) is 10.8. The lowest BCUT2D eigenvalue weighted by atomic mass is 10.1. The Labute approximate surface area is 133 Å². The smallest absolute Gasteiger partial charge is 0.122 e. The molecule has 0 aliphatic carbocycles. The van der Waals surface area contributed by atoms with Crippen LogP contribution in [0.5, 0.6) is 5.75 Å². The van der Waals surface area contributed by atoms with E-state index in [-0.39, 0.29) is 0 Å². The Morgan fingerprint density at radius 3 is 2.55 bits per heavy atom. The van der Waals surface area contributed by atoms with Crippen molar-refractivity contribution < 1.29 is 9.47 Å². The molecule has 0 spiro atoms. The Bertz CT molecular complexity index is 555. The molecule has 0 aliphatic heterocycles. The molecular weight excluding hydrogens is 274 g/mol. The summed E-state index contributed by atoms with van der Waals surface area (Å²) >= 11 is 0. The van der Waals surface area contributed by atoms with Crippen LogP contribution < -0.4 is 10.1 Å². The van der Waals surface area contributed by atoms with Crippen molar-refractivity contribution in [2.45, 2.75) is 20.4 Å². The topological polar surface area (TPSA) is 30.5 Å². The van der Waals surface area contributed by atoms with Gasteiger partial charge in [-0.25, -0.2) is 0 Å². The Hall–Kier alpha value is -1.84. The summed E-state index contributed by atoms with van der Waals surface area (Å²) in [6, 6.07) is 16.6. The highest BCUT2D eigenvalue weighted by molar-refractivity contribution is 5.35. The van der Waals surface area contributed by atoms with Crippen LogP contribution in [0.25, 0.3) is 0 Å². The maximum Gasteiger partial charge on any atom is 0.122 e. The number of aryl methyl sites for hydroxylation is 2. The third kappa shape index (κ3) is 5.88. The van der Waals surface area contributed by atoms with Crippen molar-refractivity contribution in [2.75, 3.05) is 26.4 Å². The number of hydrogen-bond acceptors (Lipinski definition) is 3. The Kier molecular flexibility index (Phi) is 6.94. The molecule has 0 unspecified atom stereocenters. The minimum absolute atomic E-state index is 0.586. The Morgan fingerprint density at radius 1 is 0.909 bits per heavy atom. The van der Waals surface area contributed by atoms with Gasteiger partial charge in [0.25, 0.3) is 0 Å². The maximum atomic E-state index is 5.75. The average Bonchev–Trinajstić information content (AvgIpc) is 2.54. The average molecular weight is 299 g/mol. The van der Waals surface area contributed by atoms with Crippen molar-refractivity contribution in [1.29, 1.82) is 0 Å². The number of rotatable bonds is 9. The van der Waals surface area contributed by atoms with Crippen LogP contribution in [0.4, 0.5) is 0 Å². The predicted molar refractivity (Wildman–Crippen MR) is 90.4 cm³/mol. The molecule has 3 nitrogen and oxygen atoms in total. The maximum absolute atomic E-state index is 5.75. The van der Waals surface area contributed by atoms with E-state index in [1.54, 1.807) is 0 Å². The summed E-state index contributed by atoms with van der Waals surface area (Å²) in [6.45, 7) is 7.75. The van der Waals surface area contributed by atoms with Gasteiger partial charge >= 0.3 is 0 Å². The zero-order valence-corrected chi connectivity index (χ0v) is 13.5. The number of hydrogen-bond donors (Lipinski definition) is 1. The second-order valence-corrected chi connectivity index (χ2v) is 5.39. The molecule has 0 heterocycles. The van der Waals surface area contributed by atoms with Crippen molar-refractivity contribution in [3.05, 3.63) is 65.2 Å². The molecule has 0 amide bonds. The quantitative estimate of drug-likeness (QED) is 0.719. The molecule has 22 heavy (non-hydrogen) atoms. The van der Waals surface area contributed by atoms with E-state index in [1.807, 2.05) is 6.07 Å². The van der Waals surface area contributed by atoms with Gasteiger partial charge in [0, 0.05) is 13.1 Å². The molecule has 0 fully saturated rings. The van der Waals surface area contributed by atoms with Crippen LogP contribution in [0.15, 0.2) is 48.5 Å². The van der Waals surface area contributed by atoms with E-state index in [2.05, 4.69) is 61.6 Å². The van der Waals surface area contributed by atoms with Crippen LogP contribution in [0.3, 0.4) is 0 Å². The highest BCUT2D eigenvalue weighted by Crippen LogP contribution is 2.18. The van der Waals surface area contributed by atoms with Crippen molar-refractivity contribution in [3.8, 4) is 5.75 Å². The zero-order valence-electron chi connectivity index (χ0n) is 13.5. The van der Waals surface area contributed by atoms with E-state index in [9.17, 15) is 0 Å². The largest absolute Gasteiger partial charge is 0.491 e. The van der Waals surface area contributed by atoms with Crippen LogP contribution in [0, 0.1) is 13.8 Å². The second-order valence-electron chi connectivity index (χ2n) is 5.39. The summed E-state index contributed by atoms with van der Waals surface area (Å²) in [7, 11) is 0. The molecule has 0 saturated carbocycles. The number of benzene rings is 2. The molecule has 0 aliphatic rings. The highest BCUT2D eigenvalue weighted by atomic mass is 16.5. The molecule has 3 heteroatoms. The Morgan fingerprint density at radius 2 is 1.73 bits per heavy atom. The molecule has 2 rings (SSSR count). The van der Waals surface area contributed by atoms with Gasteiger partial charge in [0.15, 0.2) is 0 Å². The van der Waals surface area contributed by atoms with Crippen molar-refractivity contribution in [2.24, 2.45) is 0 Å². The Balaban J connectivity index is 1.52. The van der Waals surface area contributed by atoms with Gasteiger partial charge in [-0.15, -0.1) is 0 Å². The van der Waals surface area contributed by atoms with Gasteiger partial charge in [-0.05, 0) is 36.6 Å². The van der Waals surface area contributed by atoms with Crippen LogP contribution in [0.1, 0.15) is 16.7 Å². The van der Waals surface area contributed by atoms with E-state index >= 15 is 0 Å². The van der Waals surface area contributed by atoms with E-state index < -0.39 is 0 Å². The molecule has 118 valence electrons. The molecule has 0 saturated heterocycles. The minimum Gasteiger partial charge on any atom is -0.491 e. The first-order valence-corrected chi connectivity index (χ1v) is 7.78. The van der Waals surface area contributed by atoms with Gasteiger partial charge in [-0.1, -0.05) is 42.5 Å². The van der Waals surface area contributed by atoms with Crippen LogP contribution in [0.2, 0.25) is 0 Å². The molecule has 1 N–H and O–H groups in total. The lowest BCUT2D eigenvalue weighted by Gasteiger charge is -2.10. The van der Waals surface area contributed by atoms with Crippen LogP contribution in [-0.2, 0) is 11.3 Å². The first-order valence-electron chi connectivity index (χ1n) is 7.78. The summed E-state index contributed by atoms with van der Waals surface area (Å²) in [5.74, 6) is 0.950. The van der Waals surface area contributed by atoms with Crippen LogP contribution >= 0.6 is 0 Å². The molecule has 0 aromatic heterocycles. The fraction of sp³-hybridized carbons (Fsp3) is 0.368. The third-order valence-electron chi connectivity index (χ3n) is 3.42. The van der Waals surface area contributed by atoms with E-state index in [0.29, 0.717) is 19.8 Å². The minimum atomic E-state index is 0.586. The molecule has 0 radical (unpaired) electrons. The van der Waals surface area contributed by atoms with E-state index in [0.717, 1.165) is 24.4 Å². The normalized spacial score (nSPS) is 10.6. The van der Waals surface area contributed by atoms with E-state index in [4.69, 9.17) is 9.47 Å². The zero-order chi connectivity index (χ0) is 15.6. The third-order valence-corrected chi connectivity index (χ3v) is 3.42. The van der Waals surface area contributed by atoms with Gasteiger partial charge in [0.2, 0.25) is 0 Å². The lowest BCUT2D eigenvalue weighted by molar-refractivity contribution is 0.101. The summed E-state index contributed by atoms with van der Waals surface area (Å²) in [5.41, 5.74) is 3.67. The summed E-state index contributed by atoms with van der Waals surface area (Å²) < 4.78 is 11.3. The standard InChI is InChI=1S/C19H25NO2/c1-16-8-9-17(2)19(14-16)22-13-12-21-11-10-20-15-18-6-4-3-5-7-18/h3-9,14,20H,10-13,15H2,1-2H3. The molecule has 0 bridgehead atoms. The van der Waals surface area contributed by atoms with Crippen molar-refractivity contribution in [3.63, 3.8) is 0 Å². The number of ether oxygens (including phenoxy) is 2. The molecule has 0 atom stereocenters. The van der Waals surface area contributed by atoms with Crippen LogP contribution in [-0.4, -0.2) is 26.4 Å². The number of nitrogens with one attached hydrogen (secondary N) is 1. The monoisotopic (exact) mass is 299 g/mol. The summed E-state index contributed by atoms with van der Waals surface area (Å²) in [6.07, 6.45) is 0. The van der Waals surface area contributed by atoms with Crippen molar-refractivity contribution in [1.82, 2.24) is 5.32 Å². The van der Waals surface area contributed by atoms with Gasteiger partial charge in [-0.2, -0.15) is 0 Å². The van der Waals surface area contributed by atoms with Gasteiger partial charge in [-0.3, -0.25) is 0 Å². The highest BCUT2D eigenvalue weighted by Gasteiger charge is 1.99. The summed E-state index contributed by atoms with van der Waals surface area (Å²) in [5, 5.41) is 3.36.